The fourth-order valence-corrected chi connectivity index (χ4v) is 2.19. The topological polar surface area (TPSA) is 61.8 Å². The van der Waals surface area contributed by atoms with Crippen LogP contribution in [-0.4, -0.2) is 36.9 Å². The highest BCUT2D eigenvalue weighted by Gasteiger charge is 2.32. The first-order valence-electron chi connectivity index (χ1n) is 7.42. The van der Waals surface area contributed by atoms with E-state index in [2.05, 4.69) is 0 Å². The largest absolute Gasteiger partial charge is 0.462 e. The van der Waals surface area contributed by atoms with Crippen LogP contribution in [0.4, 0.5) is 0 Å². The zero-order chi connectivity index (χ0) is 15.1. The normalized spacial score (nSPS) is 18.9. The lowest BCUT2D eigenvalue weighted by Crippen LogP contribution is -2.32. The van der Waals surface area contributed by atoms with Gasteiger partial charge in [-0.3, -0.25) is 9.59 Å². The lowest BCUT2D eigenvalue weighted by Gasteiger charge is -2.19. The molecule has 0 aliphatic carbocycles. The van der Waals surface area contributed by atoms with Crippen LogP contribution in [0.2, 0.25) is 0 Å². The van der Waals surface area contributed by atoms with Gasteiger partial charge in [0.2, 0.25) is 0 Å². The van der Waals surface area contributed by atoms with Gasteiger partial charge in [-0.1, -0.05) is 0 Å². The second-order valence-electron chi connectivity index (χ2n) is 5.74. The highest BCUT2D eigenvalue weighted by Crippen LogP contribution is 2.21. The van der Waals surface area contributed by atoms with E-state index in [0.29, 0.717) is 12.8 Å². The minimum absolute atomic E-state index is 0.149. The molecule has 0 bridgehead atoms. The molecule has 0 spiro atoms. The van der Waals surface area contributed by atoms with Crippen molar-refractivity contribution >= 4 is 11.9 Å². The monoisotopic (exact) mass is 286 g/mol. The van der Waals surface area contributed by atoms with Crippen LogP contribution in [0, 0.1) is 5.92 Å². The van der Waals surface area contributed by atoms with E-state index in [1.165, 1.54) is 0 Å². The molecule has 0 radical (unpaired) electrons. The fraction of sp³-hybridized carbons (Fsp3) is 0.867. The van der Waals surface area contributed by atoms with E-state index in [0.717, 1.165) is 19.4 Å². The smallest absolute Gasteiger partial charge is 0.320 e. The Morgan fingerprint density at radius 3 is 2.05 bits per heavy atom. The number of carbonyl (C=O) groups excluding carboxylic acids is 2. The van der Waals surface area contributed by atoms with E-state index in [1.807, 2.05) is 0 Å². The SMILES string of the molecule is CC(C)OC(=O)C(CCC1CCCO1)C(=O)OC(C)C. The molecule has 1 aliphatic heterocycles. The molecule has 1 saturated heterocycles. The third-order valence-electron chi connectivity index (χ3n) is 3.07. The Labute approximate surface area is 121 Å². The molecule has 0 aromatic rings. The van der Waals surface area contributed by atoms with Gasteiger partial charge in [-0.05, 0) is 53.4 Å². The van der Waals surface area contributed by atoms with Crippen molar-refractivity contribution in [2.75, 3.05) is 6.61 Å². The van der Waals surface area contributed by atoms with Crippen LogP contribution in [0.3, 0.4) is 0 Å². The van der Waals surface area contributed by atoms with Crippen molar-refractivity contribution in [3.8, 4) is 0 Å². The van der Waals surface area contributed by atoms with Gasteiger partial charge in [0.05, 0.1) is 18.3 Å². The summed E-state index contributed by atoms with van der Waals surface area (Å²) in [7, 11) is 0. The summed E-state index contributed by atoms with van der Waals surface area (Å²) in [5.41, 5.74) is 0. The van der Waals surface area contributed by atoms with Crippen LogP contribution in [0.25, 0.3) is 0 Å². The molecule has 20 heavy (non-hydrogen) atoms. The third kappa shape index (κ3) is 5.90. The Kier molecular flexibility index (Phi) is 6.99. The van der Waals surface area contributed by atoms with Crippen molar-refractivity contribution in [3.63, 3.8) is 0 Å². The van der Waals surface area contributed by atoms with Gasteiger partial charge in [-0.15, -0.1) is 0 Å². The molecule has 1 fully saturated rings. The van der Waals surface area contributed by atoms with E-state index in [4.69, 9.17) is 14.2 Å². The maximum Gasteiger partial charge on any atom is 0.320 e. The van der Waals surface area contributed by atoms with Crippen LogP contribution in [0.5, 0.6) is 0 Å². The molecule has 5 nitrogen and oxygen atoms in total. The molecule has 0 saturated carbocycles. The van der Waals surface area contributed by atoms with Crippen molar-refractivity contribution in [1.29, 1.82) is 0 Å². The summed E-state index contributed by atoms with van der Waals surface area (Å²) in [5.74, 6) is -1.84. The summed E-state index contributed by atoms with van der Waals surface area (Å²) < 4.78 is 15.8. The predicted molar refractivity (Wildman–Crippen MR) is 74.2 cm³/mol. The third-order valence-corrected chi connectivity index (χ3v) is 3.07. The first-order valence-corrected chi connectivity index (χ1v) is 7.42. The highest BCUT2D eigenvalue weighted by molar-refractivity contribution is 5.95. The second-order valence-corrected chi connectivity index (χ2v) is 5.74. The van der Waals surface area contributed by atoms with Crippen LogP contribution in [0.1, 0.15) is 53.4 Å². The van der Waals surface area contributed by atoms with Crippen LogP contribution >= 0.6 is 0 Å². The molecule has 0 N–H and O–H groups in total. The van der Waals surface area contributed by atoms with E-state index in [1.54, 1.807) is 27.7 Å². The summed E-state index contributed by atoms with van der Waals surface area (Å²) in [5, 5.41) is 0. The number of ether oxygens (including phenoxy) is 3. The van der Waals surface area contributed by atoms with E-state index < -0.39 is 17.9 Å². The van der Waals surface area contributed by atoms with Gasteiger partial charge < -0.3 is 14.2 Å². The maximum absolute atomic E-state index is 12.0. The second kappa shape index (κ2) is 8.25. The van der Waals surface area contributed by atoms with Crippen LogP contribution in [-0.2, 0) is 23.8 Å². The van der Waals surface area contributed by atoms with Crippen molar-refractivity contribution in [3.05, 3.63) is 0 Å². The Hall–Kier alpha value is -1.10. The molecule has 0 amide bonds. The molecule has 1 aliphatic rings. The van der Waals surface area contributed by atoms with Crippen molar-refractivity contribution < 1.29 is 23.8 Å². The molecule has 1 unspecified atom stereocenters. The zero-order valence-electron chi connectivity index (χ0n) is 12.9. The summed E-state index contributed by atoms with van der Waals surface area (Å²) in [4.78, 5) is 24.0. The molecule has 1 atom stereocenters. The molecular weight excluding hydrogens is 260 g/mol. The first kappa shape index (κ1) is 17.0. The molecular formula is C15H26O5. The number of esters is 2. The minimum Gasteiger partial charge on any atom is -0.462 e. The standard InChI is InChI=1S/C15H26O5/c1-10(2)19-14(16)13(15(17)20-11(3)4)8-7-12-6-5-9-18-12/h10-13H,5-9H2,1-4H3. The average Bonchev–Trinajstić information content (AvgIpc) is 2.80. The number of hydrogen-bond donors (Lipinski definition) is 0. The zero-order valence-corrected chi connectivity index (χ0v) is 12.9. The lowest BCUT2D eigenvalue weighted by molar-refractivity contribution is -0.166. The summed E-state index contributed by atoms with van der Waals surface area (Å²) in [6, 6.07) is 0. The maximum atomic E-state index is 12.0. The van der Waals surface area contributed by atoms with Crippen molar-refractivity contribution in [2.24, 2.45) is 5.92 Å². The van der Waals surface area contributed by atoms with E-state index >= 15 is 0 Å². The van der Waals surface area contributed by atoms with Gasteiger partial charge in [0, 0.05) is 6.61 Å². The molecule has 5 heteroatoms. The van der Waals surface area contributed by atoms with E-state index in [-0.39, 0.29) is 18.3 Å². The quantitative estimate of drug-likeness (QED) is 0.531. The van der Waals surface area contributed by atoms with Gasteiger partial charge in [0.25, 0.3) is 0 Å². The number of rotatable bonds is 7. The van der Waals surface area contributed by atoms with Crippen LogP contribution < -0.4 is 0 Å². The fourth-order valence-electron chi connectivity index (χ4n) is 2.19. The highest BCUT2D eigenvalue weighted by atomic mass is 16.6. The molecule has 0 aromatic carbocycles. The van der Waals surface area contributed by atoms with Crippen LogP contribution in [0.15, 0.2) is 0 Å². The first-order chi connectivity index (χ1) is 9.40. The van der Waals surface area contributed by atoms with Crippen molar-refractivity contribution in [1.82, 2.24) is 0 Å². The van der Waals surface area contributed by atoms with Gasteiger partial charge in [-0.25, -0.2) is 0 Å². The Bertz CT molecular complexity index is 296. The summed E-state index contributed by atoms with van der Waals surface area (Å²) in [6.07, 6.45) is 2.82. The van der Waals surface area contributed by atoms with Crippen molar-refractivity contribution in [2.45, 2.75) is 71.7 Å². The lowest BCUT2D eigenvalue weighted by atomic mass is 10.00. The van der Waals surface area contributed by atoms with Gasteiger partial charge in [0.15, 0.2) is 5.92 Å². The average molecular weight is 286 g/mol. The minimum atomic E-state index is -0.844. The summed E-state index contributed by atoms with van der Waals surface area (Å²) >= 11 is 0. The molecule has 1 rings (SSSR count). The van der Waals surface area contributed by atoms with Gasteiger partial charge >= 0.3 is 11.9 Å². The van der Waals surface area contributed by atoms with Gasteiger partial charge in [0.1, 0.15) is 0 Å². The van der Waals surface area contributed by atoms with Gasteiger partial charge in [-0.2, -0.15) is 0 Å². The molecule has 1 heterocycles. The molecule has 0 aromatic heterocycles. The van der Waals surface area contributed by atoms with E-state index in [9.17, 15) is 9.59 Å². The summed E-state index contributed by atoms with van der Waals surface area (Å²) in [6.45, 7) is 7.83. The number of hydrogen-bond acceptors (Lipinski definition) is 5. The predicted octanol–water partition coefficient (Wildman–Crippen LogP) is 2.47. The molecule has 116 valence electrons. The number of carbonyl (C=O) groups is 2. The Morgan fingerprint density at radius 1 is 1.10 bits per heavy atom. The Morgan fingerprint density at radius 2 is 1.65 bits per heavy atom. The Balaban J connectivity index is 2.57.